The van der Waals surface area contributed by atoms with Crippen molar-refractivity contribution in [2.75, 3.05) is 6.61 Å². The van der Waals surface area contributed by atoms with E-state index in [2.05, 4.69) is 42.4 Å². The number of rotatable bonds is 4. The van der Waals surface area contributed by atoms with Crippen LogP contribution in [0.25, 0.3) is 11.1 Å². The van der Waals surface area contributed by atoms with Gasteiger partial charge in [-0.15, -0.1) is 0 Å². The van der Waals surface area contributed by atoms with E-state index in [9.17, 15) is 0 Å². The fraction of sp³-hybridized carbons (Fsp3) is 0.286. The second kappa shape index (κ2) is 4.99. The molecule has 2 heteroatoms. The molecule has 0 fully saturated rings. The van der Waals surface area contributed by atoms with Crippen LogP contribution in [0.1, 0.15) is 18.2 Å². The molecule has 0 radical (unpaired) electrons. The van der Waals surface area contributed by atoms with Crippen LogP contribution in [0.4, 0.5) is 0 Å². The van der Waals surface area contributed by atoms with Gasteiger partial charge in [0.2, 0.25) is 0 Å². The van der Waals surface area contributed by atoms with E-state index in [-0.39, 0.29) is 0 Å². The van der Waals surface area contributed by atoms with E-state index >= 15 is 0 Å². The quantitative estimate of drug-likeness (QED) is 0.829. The molecule has 0 spiro atoms. The van der Waals surface area contributed by atoms with Crippen molar-refractivity contribution in [2.45, 2.75) is 20.5 Å². The van der Waals surface area contributed by atoms with Gasteiger partial charge < -0.3 is 9.72 Å². The van der Waals surface area contributed by atoms with Crippen LogP contribution < -0.4 is 0 Å². The summed E-state index contributed by atoms with van der Waals surface area (Å²) in [5, 5.41) is 0. The standard InChI is InChI=1S/C14H17NO/c1-3-16-10-14-11(2)15-9-13(14)12-7-5-4-6-8-12/h4-9,15H,3,10H2,1-2H3. The molecule has 0 aliphatic heterocycles. The van der Waals surface area contributed by atoms with Gasteiger partial charge in [-0.1, -0.05) is 30.3 Å². The summed E-state index contributed by atoms with van der Waals surface area (Å²) >= 11 is 0. The molecule has 2 nitrogen and oxygen atoms in total. The Morgan fingerprint density at radius 2 is 1.94 bits per heavy atom. The molecule has 1 aromatic heterocycles. The van der Waals surface area contributed by atoms with Crippen molar-refractivity contribution in [1.29, 1.82) is 0 Å². The van der Waals surface area contributed by atoms with E-state index < -0.39 is 0 Å². The van der Waals surface area contributed by atoms with Crippen molar-refractivity contribution in [3.8, 4) is 11.1 Å². The van der Waals surface area contributed by atoms with Crippen LogP contribution in [0.3, 0.4) is 0 Å². The van der Waals surface area contributed by atoms with Gasteiger partial charge in [0.05, 0.1) is 6.61 Å². The number of aromatic amines is 1. The third-order valence-electron chi connectivity index (χ3n) is 2.75. The summed E-state index contributed by atoms with van der Waals surface area (Å²) in [7, 11) is 0. The molecule has 1 aromatic carbocycles. The van der Waals surface area contributed by atoms with Gasteiger partial charge in [0.1, 0.15) is 0 Å². The van der Waals surface area contributed by atoms with Crippen LogP contribution in [-0.4, -0.2) is 11.6 Å². The number of aryl methyl sites for hydroxylation is 1. The predicted octanol–water partition coefficient (Wildman–Crippen LogP) is 3.53. The van der Waals surface area contributed by atoms with Crippen LogP contribution in [0.5, 0.6) is 0 Å². The monoisotopic (exact) mass is 215 g/mol. The number of hydrogen-bond donors (Lipinski definition) is 1. The van der Waals surface area contributed by atoms with Gasteiger partial charge in [-0.05, 0) is 19.4 Å². The second-order valence-electron chi connectivity index (χ2n) is 3.81. The van der Waals surface area contributed by atoms with Gasteiger partial charge in [0.25, 0.3) is 0 Å². The normalized spacial score (nSPS) is 10.6. The highest BCUT2D eigenvalue weighted by Crippen LogP contribution is 2.26. The van der Waals surface area contributed by atoms with Gasteiger partial charge in [-0.3, -0.25) is 0 Å². The van der Waals surface area contributed by atoms with Gasteiger partial charge in [0.15, 0.2) is 0 Å². The van der Waals surface area contributed by atoms with E-state index in [1.165, 1.54) is 22.4 Å². The molecule has 2 aromatic rings. The molecule has 0 aliphatic rings. The molecule has 0 atom stereocenters. The molecule has 0 unspecified atom stereocenters. The lowest BCUT2D eigenvalue weighted by Crippen LogP contribution is -1.94. The molecular weight excluding hydrogens is 198 g/mol. The topological polar surface area (TPSA) is 25.0 Å². The summed E-state index contributed by atoms with van der Waals surface area (Å²) in [5.41, 5.74) is 4.92. The second-order valence-corrected chi connectivity index (χ2v) is 3.81. The number of aromatic nitrogens is 1. The lowest BCUT2D eigenvalue weighted by molar-refractivity contribution is 0.134. The maximum atomic E-state index is 5.50. The minimum atomic E-state index is 0.677. The minimum absolute atomic E-state index is 0.677. The Kier molecular flexibility index (Phi) is 3.42. The first-order valence-electron chi connectivity index (χ1n) is 5.63. The summed E-state index contributed by atoms with van der Waals surface area (Å²) in [4.78, 5) is 3.26. The average Bonchev–Trinajstić information content (AvgIpc) is 2.69. The molecule has 0 saturated heterocycles. The molecular formula is C14H17NO. The SMILES string of the molecule is CCOCc1c(-c2ccccc2)c[nH]c1C. The number of benzene rings is 1. The summed E-state index contributed by atoms with van der Waals surface area (Å²) in [5.74, 6) is 0. The van der Waals surface area contributed by atoms with E-state index in [4.69, 9.17) is 4.74 Å². The third kappa shape index (κ3) is 2.17. The molecule has 1 heterocycles. The first-order chi connectivity index (χ1) is 7.83. The summed E-state index contributed by atoms with van der Waals surface area (Å²) in [6.07, 6.45) is 2.05. The predicted molar refractivity (Wildman–Crippen MR) is 66.3 cm³/mol. The van der Waals surface area contributed by atoms with Crippen molar-refractivity contribution < 1.29 is 4.74 Å². The molecule has 1 N–H and O–H groups in total. The van der Waals surface area contributed by atoms with Crippen molar-refractivity contribution in [1.82, 2.24) is 4.98 Å². The lowest BCUT2D eigenvalue weighted by atomic mass is 10.0. The molecule has 0 amide bonds. The zero-order valence-corrected chi connectivity index (χ0v) is 9.79. The third-order valence-corrected chi connectivity index (χ3v) is 2.75. The Morgan fingerprint density at radius 3 is 2.62 bits per heavy atom. The molecule has 0 bridgehead atoms. The highest BCUT2D eigenvalue weighted by molar-refractivity contribution is 5.67. The van der Waals surface area contributed by atoms with Crippen LogP contribution >= 0.6 is 0 Å². The molecule has 16 heavy (non-hydrogen) atoms. The van der Waals surface area contributed by atoms with Gasteiger partial charge in [0, 0.05) is 29.6 Å². The molecule has 0 aliphatic carbocycles. The van der Waals surface area contributed by atoms with Gasteiger partial charge in [-0.2, -0.15) is 0 Å². The number of nitrogens with one attached hydrogen (secondary N) is 1. The van der Waals surface area contributed by atoms with Crippen molar-refractivity contribution in [2.24, 2.45) is 0 Å². The molecule has 0 saturated carbocycles. The maximum absolute atomic E-state index is 5.50. The fourth-order valence-electron chi connectivity index (χ4n) is 1.82. The Morgan fingerprint density at radius 1 is 1.19 bits per heavy atom. The zero-order chi connectivity index (χ0) is 11.4. The van der Waals surface area contributed by atoms with Crippen LogP contribution in [0.2, 0.25) is 0 Å². The number of hydrogen-bond acceptors (Lipinski definition) is 1. The van der Waals surface area contributed by atoms with E-state index in [0.29, 0.717) is 6.61 Å². The van der Waals surface area contributed by atoms with Gasteiger partial charge in [-0.25, -0.2) is 0 Å². The van der Waals surface area contributed by atoms with E-state index in [1.807, 2.05) is 13.0 Å². The van der Waals surface area contributed by atoms with Crippen LogP contribution in [0.15, 0.2) is 36.5 Å². The van der Waals surface area contributed by atoms with Crippen molar-refractivity contribution >= 4 is 0 Å². The zero-order valence-electron chi connectivity index (χ0n) is 9.79. The van der Waals surface area contributed by atoms with Crippen LogP contribution in [0, 0.1) is 6.92 Å². The fourth-order valence-corrected chi connectivity index (χ4v) is 1.82. The van der Waals surface area contributed by atoms with Crippen molar-refractivity contribution in [3.63, 3.8) is 0 Å². The molecule has 2 rings (SSSR count). The first kappa shape index (κ1) is 11.0. The summed E-state index contributed by atoms with van der Waals surface area (Å²) < 4.78 is 5.50. The highest BCUT2D eigenvalue weighted by Gasteiger charge is 2.09. The number of ether oxygens (including phenoxy) is 1. The summed E-state index contributed by atoms with van der Waals surface area (Å²) in [6, 6.07) is 10.4. The van der Waals surface area contributed by atoms with Crippen molar-refractivity contribution in [3.05, 3.63) is 47.8 Å². The Balaban J connectivity index is 2.34. The molecule has 84 valence electrons. The van der Waals surface area contributed by atoms with E-state index in [1.54, 1.807) is 0 Å². The highest BCUT2D eigenvalue weighted by atomic mass is 16.5. The van der Waals surface area contributed by atoms with E-state index in [0.717, 1.165) is 6.61 Å². The number of H-pyrrole nitrogens is 1. The average molecular weight is 215 g/mol. The largest absolute Gasteiger partial charge is 0.377 e. The smallest absolute Gasteiger partial charge is 0.0740 e. The Hall–Kier alpha value is -1.54. The first-order valence-corrected chi connectivity index (χ1v) is 5.63. The lowest BCUT2D eigenvalue weighted by Gasteiger charge is -2.05. The Labute approximate surface area is 96.3 Å². The minimum Gasteiger partial charge on any atom is -0.377 e. The van der Waals surface area contributed by atoms with Gasteiger partial charge >= 0.3 is 0 Å². The Bertz CT molecular complexity index is 445. The van der Waals surface area contributed by atoms with Crippen LogP contribution in [-0.2, 0) is 11.3 Å². The maximum Gasteiger partial charge on any atom is 0.0740 e. The summed E-state index contributed by atoms with van der Waals surface area (Å²) in [6.45, 7) is 5.53.